The predicted octanol–water partition coefficient (Wildman–Crippen LogP) is -0.244. The minimum Gasteiger partial charge on any atom is -1.00 e. The first-order valence-corrected chi connectivity index (χ1v) is 6.90. The number of carbonyl (C=O) groups is 1. The van der Waals surface area contributed by atoms with E-state index in [1.54, 1.807) is 0 Å². The van der Waals surface area contributed by atoms with Gasteiger partial charge in [0.05, 0.1) is 0 Å². The fourth-order valence-corrected chi connectivity index (χ4v) is 2.18. The molecule has 0 saturated carbocycles. The van der Waals surface area contributed by atoms with E-state index in [-0.39, 0.29) is 37.5 Å². The Balaban J connectivity index is 0. The fraction of sp³-hybridized carbons (Fsp3) is 0.462. The van der Waals surface area contributed by atoms with Gasteiger partial charge in [0.25, 0.3) is 0 Å². The van der Waals surface area contributed by atoms with Crippen LogP contribution in [0, 0.1) is 6.92 Å². The molecular formula is C13H20NNaO2S. The molecular weight excluding hydrogens is 257 g/mol. The fourth-order valence-electron chi connectivity index (χ4n) is 1.54. The monoisotopic (exact) mass is 277 g/mol. The SMILES string of the molecule is CCSCCN(CC(=O)O)c1ccc(C)cc1.[H-].[Na+]. The summed E-state index contributed by atoms with van der Waals surface area (Å²) in [6.07, 6.45) is 0. The summed E-state index contributed by atoms with van der Waals surface area (Å²) < 4.78 is 0. The first kappa shape index (κ1) is 17.8. The van der Waals surface area contributed by atoms with Crippen LogP contribution in [-0.4, -0.2) is 35.7 Å². The molecule has 0 fully saturated rings. The minimum absolute atomic E-state index is 0. The maximum atomic E-state index is 10.8. The van der Waals surface area contributed by atoms with E-state index in [4.69, 9.17) is 5.11 Å². The van der Waals surface area contributed by atoms with Gasteiger partial charge in [-0.25, -0.2) is 0 Å². The van der Waals surface area contributed by atoms with Crippen LogP contribution in [0.2, 0.25) is 0 Å². The van der Waals surface area contributed by atoms with Crippen LogP contribution in [0.1, 0.15) is 13.9 Å². The van der Waals surface area contributed by atoms with Gasteiger partial charge in [0, 0.05) is 18.0 Å². The number of hydrogen-bond acceptors (Lipinski definition) is 3. The van der Waals surface area contributed by atoms with E-state index < -0.39 is 5.97 Å². The van der Waals surface area contributed by atoms with Crippen molar-refractivity contribution in [2.45, 2.75) is 13.8 Å². The summed E-state index contributed by atoms with van der Waals surface area (Å²) in [4.78, 5) is 12.7. The molecule has 0 amide bonds. The summed E-state index contributed by atoms with van der Waals surface area (Å²) in [6, 6.07) is 7.98. The molecule has 0 spiro atoms. The van der Waals surface area contributed by atoms with Crippen molar-refractivity contribution < 1.29 is 40.9 Å². The summed E-state index contributed by atoms with van der Waals surface area (Å²) in [7, 11) is 0. The first-order chi connectivity index (χ1) is 8.13. The van der Waals surface area contributed by atoms with Crippen LogP contribution in [0.3, 0.4) is 0 Å². The molecule has 0 aliphatic rings. The van der Waals surface area contributed by atoms with Gasteiger partial charge < -0.3 is 11.4 Å². The summed E-state index contributed by atoms with van der Waals surface area (Å²) >= 11 is 1.83. The molecule has 1 N–H and O–H groups in total. The Kier molecular flexibility index (Phi) is 9.64. The zero-order chi connectivity index (χ0) is 12.7. The molecule has 0 heterocycles. The zero-order valence-electron chi connectivity index (χ0n) is 12.3. The topological polar surface area (TPSA) is 40.5 Å². The second-order valence-electron chi connectivity index (χ2n) is 3.85. The van der Waals surface area contributed by atoms with E-state index in [9.17, 15) is 4.79 Å². The Morgan fingerprint density at radius 1 is 1.39 bits per heavy atom. The van der Waals surface area contributed by atoms with E-state index in [0.29, 0.717) is 0 Å². The largest absolute Gasteiger partial charge is 1.00 e. The normalized spacial score (nSPS) is 9.67. The maximum absolute atomic E-state index is 10.8. The summed E-state index contributed by atoms with van der Waals surface area (Å²) in [5, 5.41) is 8.91. The molecule has 1 aromatic carbocycles. The van der Waals surface area contributed by atoms with Crippen LogP contribution in [0.25, 0.3) is 0 Å². The molecule has 0 unspecified atom stereocenters. The molecule has 18 heavy (non-hydrogen) atoms. The van der Waals surface area contributed by atoms with Gasteiger partial charge in [-0.1, -0.05) is 24.6 Å². The van der Waals surface area contributed by atoms with Crippen molar-refractivity contribution >= 4 is 23.4 Å². The third-order valence-electron chi connectivity index (χ3n) is 2.43. The van der Waals surface area contributed by atoms with Crippen molar-refractivity contribution in [3.63, 3.8) is 0 Å². The molecule has 3 nitrogen and oxygen atoms in total. The molecule has 0 aliphatic carbocycles. The van der Waals surface area contributed by atoms with Gasteiger partial charge >= 0.3 is 35.5 Å². The number of hydrogen-bond donors (Lipinski definition) is 1. The van der Waals surface area contributed by atoms with Gasteiger partial charge in [0.15, 0.2) is 0 Å². The van der Waals surface area contributed by atoms with Crippen LogP contribution in [0.15, 0.2) is 24.3 Å². The Morgan fingerprint density at radius 2 is 2.00 bits per heavy atom. The molecule has 5 heteroatoms. The Hall–Kier alpha value is -0.160. The molecule has 96 valence electrons. The van der Waals surface area contributed by atoms with E-state index in [0.717, 1.165) is 23.7 Å². The van der Waals surface area contributed by atoms with E-state index in [2.05, 4.69) is 6.92 Å². The molecule has 0 aromatic heterocycles. The number of anilines is 1. The number of aliphatic carboxylic acids is 1. The van der Waals surface area contributed by atoms with E-state index in [1.165, 1.54) is 5.56 Å². The van der Waals surface area contributed by atoms with Crippen molar-refractivity contribution in [1.29, 1.82) is 0 Å². The third-order valence-corrected chi connectivity index (χ3v) is 3.31. The van der Waals surface area contributed by atoms with Crippen molar-refractivity contribution in [3.8, 4) is 0 Å². The van der Waals surface area contributed by atoms with Gasteiger partial charge in [0.1, 0.15) is 6.54 Å². The average molecular weight is 277 g/mol. The summed E-state index contributed by atoms with van der Waals surface area (Å²) in [5.41, 5.74) is 2.17. The molecule has 0 saturated heterocycles. The zero-order valence-corrected chi connectivity index (χ0v) is 14.2. The van der Waals surface area contributed by atoms with Gasteiger partial charge in [-0.05, 0) is 24.8 Å². The number of benzene rings is 1. The van der Waals surface area contributed by atoms with E-state index >= 15 is 0 Å². The Labute approximate surface area is 137 Å². The second kappa shape index (κ2) is 9.73. The first-order valence-electron chi connectivity index (χ1n) is 5.74. The van der Waals surface area contributed by atoms with Gasteiger partial charge in [-0.15, -0.1) is 0 Å². The molecule has 0 atom stereocenters. The van der Waals surface area contributed by atoms with Crippen LogP contribution >= 0.6 is 11.8 Å². The van der Waals surface area contributed by atoms with Gasteiger partial charge in [-0.3, -0.25) is 4.79 Å². The molecule has 0 radical (unpaired) electrons. The number of carboxylic acid groups (broad SMARTS) is 1. The standard InChI is InChI=1S/C13H19NO2S.Na.H/c1-3-17-9-8-14(10-13(15)16)12-6-4-11(2)5-7-12;;/h4-7H,3,8-10H2,1-2H3,(H,15,16);;/q;+1;-1. The van der Waals surface area contributed by atoms with Crippen LogP contribution < -0.4 is 34.5 Å². The average Bonchev–Trinajstić information content (AvgIpc) is 2.28. The number of carboxylic acids is 1. The van der Waals surface area contributed by atoms with Crippen molar-refractivity contribution in [2.24, 2.45) is 0 Å². The van der Waals surface area contributed by atoms with Gasteiger partial charge in [0.2, 0.25) is 0 Å². The third kappa shape index (κ3) is 6.69. The van der Waals surface area contributed by atoms with Crippen LogP contribution in [0.5, 0.6) is 0 Å². The molecule has 0 bridgehead atoms. The van der Waals surface area contributed by atoms with Crippen molar-refractivity contribution in [1.82, 2.24) is 0 Å². The molecule has 1 aromatic rings. The van der Waals surface area contributed by atoms with Crippen molar-refractivity contribution in [3.05, 3.63) is 29.8 Å². The second-order valence-corrected chi connectivity index (χ2v) is 5.24. The number of rotatable bonds is 7. The Morgan fingerprint density at radius 3 is 2.50 bits per heavy atom. The summed E-state index contributed by atoms with van der Waals surface area (Å²) in [5.74, 6) is 1.24. The molecule has 1 rings (SSSR count). The number of aryl methyl sites for hydroxylation is 1. The van der Waals surface area contributed by atoms with Gasteiger partial charge in [-0.2, -0.15) is 11.8 Å². The quantitative estimate of drug-likeness (QED) is 0.551. The van der Waals surface area contributed by atoms with Crippen LogP contribution in [-0.2, 0) is 4.79 Å². The van der Waals surface area contributed by atoms with Crippen LogP contribution in [0.4, 0.5) is 5.69 Å². The van der Waals surface area contributed by atoms with Crippen molar-refractivity contribution in [2.75, 3.05) is 29.5 Å². The number of thioether (sulfide) groups is 1. The predicted molar refractivity (Wildman–Crippen MR) is 75.1 cm³/mol. The number of nitrogens with zero attached hydrogens (tertiary/aromatic N) is 1. The summed E-state index contributed by atoms with van der Waals surface area (Å²) in [6.45, 7) is 4.97. The smallest absolute Gasteiger partial charge is 1.00 e. The Bertz CT molecular complexity index is 362. The molecule has 0 aliphatic heterocycles. The minimum atomic E-state index is -0.785. The van der Waals surface area contributed by atoms with E-state index in [1.807, 2.05) is 47.9 Å². The maximum Gasteiger partial charge on any atom is 1.00 e.